The molecule has 0 aliphatic heterocycles. The number of esters is 1. The number of rotatable bonds is 6. The van der Waals surface area contributed by atoms with Crippen molar-refractivity contribution >= 4 is 5.97 Å². The fourth-order valence-corrected chi connectivity index (χ4v) is 2.42. The maximum absolute atomic E-state index is 11.8. The Bertz CT molecular complexity index is 847. The fourth-order valence-electron chi connectivity index (χ4n) is 2.42. The van der Waals surface area contributed by atoms with E-state index in [1.165, 1.54) is 0 Å². The molecule has 1 unspecified atom stereocenters. The Morgan fingerprint density at radius 2 is 1.96 bits per heavy atom. The van der Waals surface area contributed by atoms with Crippen LogP contribution in [0.2, 0.25) is 0 Å². The first-order valence-electron chi connectivity index (χ1n) is 8.07. The van der Waals surface area contributed by atoms with E-state index in [4.69, 9.17) is 14.7 Å². The molecule has 0 aliphatic rings. The Hall–Kier alpha value is -3.07. The third-order valence-electron chi connectivity index (χ3n) is 3.72. The zero-order valence-corrected chi connectivity index (χ0v) is 14.5. The molecule has 1 heterocycles. The van der Waals surface area contributed by atoms with E-state index in [1.807, 2.05) is 25.1 Å². The van der Waals surface area contributed by atoms with Gasteiger partial charge in [0.05, 0.1) is 6.61 Å². The lowest BCUT2D eigenvalue weighted by molar-refractivity contribution is -0.151. The van der Waals surface area contributed by atoms with Gasteiger partial charge in [-0.05, 0) is 44.0 Å². The highest BCUT2D eigenvalue weighted by Gasteiger charge is 2.19. The van der Waals surface area contributed by atoms with Gasteiger partial charge in [-0.3, -0.25) is 4.79 Å². The minimum atomic E-state index is -0.647. The average molecular weight is 340 g/mol. The van der Waals surface area contributed by atoms with Gasteiger partial charge in [0.2, 0.25) is 0 Å². The summed E-state index contributed by atoms with van der Waals surface area (Å²) in [6, 6.07) is 10.6. The lowest BCUT2D eigenvalue weighted by Crippen LogP contribution is -2.28. The van der Waals surface area contributed by atoms with Crippen LogP contribution >= 0.6 is 0 Å². The Morgan fingerprint density at radius 1 is 1.28 bits per heavy atom. The Balaban J connectivity index is 2.24. The van der Waals surface area contributed by atoms with Gasteiger partial charge in [-0.2, -0.15) is 5.26 Å². The summed E-state index contributed by atoms with van der Waals surface area (Å²) in [6.45, 7) is 5.69. The Morgan fingerprint density at radius 3 is 2.52 bits per heavy atom. The first-order chi connectivity index (χ1) is 12.0. The predicted molar refractivity (Wildman–Crippen MR) is 93.3 cm³/mol. The molecule has 0 amide bonds. The standard InChI is InChI=1S/C19H20N2O4/c1-4-17(19(23)24-5-2)25-15-8-6-13(7-9-15)16-10-14(11-20)18(22)21-12(16)3/h6-10,17H,4-5H2,1-3H3,(H,21,22). The number of aromatic nitrogens is 1. The number of ether oxygens (including phenoxy) is 2. The summed E-state index contributed by atoms with van der Waals surface area (Å²) >= 11 is 0. The number of aryl methyl sites for hydroxylation is 1. The minimum absolute atomic E-state index is 0.0642. The number of hydrogen-bond acceptors (Lipinski definition) is 5. The van der Waals surface area contributed by atoms with Gasteiger partial charge in [-0.15, -0.1) is 0 Å². The van der Waals surface area contributed by atoms with Crippen molar-refractivity contribution in [3.05, 3.63) is 51.9 Å². The third-order valence-corrected chi connectivity index (χ3v) is 3.72. The van der Waals surface area contributed by atoms with E-state index >= 15 is 0 Å². The van der Waals surface area contributed by atoms with Gasteiger partial charge in [-0.1, -0.05) is 19.1 Å². The van der Waals surface area contributed by atoms with Crippen molar-refractivity contribution in [2.24, 2.45) is 0 Å². The molecule has 0 spiro atoms. The van der Waals surface area contributed by atoms with Gasteiger partial charge in [0.1, 0.15) is 17.4 Å². The number of nitrogens with one attached hydrogen (secondary N) is 1. The van der Waals surface area contributed by atoms with Gasteiger partial charge < -0.3 is 14.5 Å². The van der Waals surface area contributed by atoms with Crippen molar-refractivity contribution in [2.75, 3.05) is 6.61 Å². The summed E-state index contributed by atoms with van der Waals surface area (Å²) in [6.07, 6.45) is -0.142. The van der Waals surface area contributed by atoms with Crippen LogP contribution in [-0.2, 0) is 9.53 Å². The number of nitriles is 1. The first-order valence-corrected chi connectivity index (χ1v) is 8.07. The molecule has 1 N–H and O–H groups in total. The molecule has 130 valence electrons. The molecule has 1 atom stereocenters. The van der Waals surface area contributed by atoms with Crippen LogP contribution in [0, 0.1) is 18.3 Å². The maximum Gasteiger partial charge on any atom is 0.347 e. The highest BCUT2D eigenvalue weighted by Crippen LogP contribution is 2.25. The Kier molecular flexibility index (Phi) is 5.96. The van der Waals surface area contributed by atoms with Crippen molar-refractivity contribution in [1.82, 2.24) is 4.98 Å². The minimum Gasteiger partial charge on any atom is -0.479 e. The van der Waals surface area contributed by atoms with E-state index in [2.05, 4.69) is 4.98 Å². The molecule has 25 heavy (non-hydrogen) atoms. The number of carbonyl (C=O) groups is 1. The summed E-state index contributed by atoms with van der Waals surface area (Å²) in [5.41, 5.74) is 1.94. The Labute approximate surface area is 146 Å². The number of carbonyl (C=O) groups excluding carboxylic acids is 1. The summed E-state index contributed by atoms with van der Waals surface area (Å²) < 4.78 is 10.7. The van der Waals surface area contributed by atoms with Crippen molar-refractivity contribution in [3.8, 4) is 22.9 Å². The van der Waals surface area contributed by atoms with Crippen LogP contribution in [0.5, 0.6) is 5.75 Å². The monoisotopic (exact) mass is 340 g/mol. The number of nitrogens with zero attached hydrogens (tertiary/aromatic N) is 1. The van der Waals surface area contributed by atoms with Gasteiger partial charge in [-0.25, -0.2) is 4.79 Å². The molecular weight excluding hydrogens is 320 g/mol. The zero-order chi connectivity index (χ0) is 18.4. The maximum atomic E-state index is 11.8. The van der Waals surface area contributed by atoms with E-state index in [9.17, 15) is 9.59 Å². The number of benzene rings is 1. The molecule has 0 radical (unpaired) electrons. The molecule has 0 saturated carbocycles. The summed E-state index contributed by atoms with van der Waals surface area (Å²) in [7, 11) is 0. The van der Waals surface area contributed by atoms with Crippen LogP contribution < -0.4 is 10.3 Å². The second kappa shape index (κ2) is 8.15. The second-order valence-electron chi connectivity index (χ2n) is 5.45. The number of hydrogen-bond donors (Lipinski definition) is 1. The van der Waals surface area contributed by atoms with Crippen LogP contribution in [0.4, 0.5) is 0 Å². The normalized spacial score (nSPS) is 11.4. The average Bonchev–Trinajstić information content (AvgIpc) is 2.60. The van der Waals surface area contributed by atoms with Gasteiger partial charge in [0, 0.05) is 11.3 Å². The molecule has 1 aromatic carbocycles. The quantitative estimate of drug-likeness (QED) is 0.816. The molecule has 0 aliphatic carbocycles. The van der Waals surface area contributed by atoms with E-state index in [0.29, 0.717) is 24.5 Å². The van der Waals surface area contributed by atoms with Gasteiger partial charge >= 0.3 is 5.97 Å². The lowest BCUT2D eigenvalue weighted by atomic mass is 10.0. The first kappa shape index (κ1) is 18.3. The molecule has 2 rings (SSSR count). The molecule has 2 aromatic rings. The molecule has 0 saturated heterocycles. The van der Waals surface area contributed by atoms with E-state index in [-0.39, 0.29) is 11.5 Å². The van der Waals surface area contributed by atoms with Crippen molar-refractivity contribution in [3.63, 3.8) is 0 Å². The van der Waals surface area contributed by atoms with Crippen molar-refractivity contribution in [2.45, 2.75) is 33.3 Å². The summed E-state index contributed by atoms with van der Waals surface area (Å²) in [4.78, 5) is 26.1. The number of pyridine rings is 1. The fraction of sp³-hybridized carbons (Fsp3) is 0.316. The SMILES string of the molecule is CCOC(=O)C(CC)Oc1ccc(-c2cc(C#N)c(=O)[nH]c2C)cc1. The van der Waals surface area contributed by atoms with Crippen LogP contribution in [0.1, 0.15) is 31.5 Å². The molecule has 0 fully saturated rings. The number of aromatic amines is 1. The van der Waals surface area contributed by atoms with E-state index in [0.717, 1.165) is 11.1 Å². The van der Waals surface area contributed by atoms with Gasteiger partial charge in [0.15, 0.2) is 6.10 Å². The lowest BCUT2D eigenvalue weighted by Gasteiger charge is -2.16. The van der Waals surface area contributed by atoms with Crippen LogP contribution in [0.25, 0.3) is 11.1 Å². The largest absolute Gasteiger partial charge is 0.479 e. The molecule has 6 nitrogen and oxygen atoms in total. The third kappa shape index (κ3) is 4.27. The van der Waals surface area contributed by atoms with Gasteiger partial charge in [0.25, 0.3) is 5.56 Å². The topological polar surface area (TPSA) is 92.2 Å². The van der Waals surface area contributed by atoms with Crippen LogP contribution in [-0.4, -0.2) is 23.7 Å². The molecule has 1 aromatic heterocycles. The summed E-state index contributed by atoms with van der Waals surface area (Å²) in [5.74, 6) is 0.162. The highest BCUT2D eigenvalue weighted by molar-refractivity contribution is 5.75. The molecular formula is C19H20N2O4. The second-order valence-corrected chi connectivity index (χ2v) is 5.45. The van der Waals surface area contributed by atoms with E-state index < -0.39 is 11.7 Å². The van der Waals surface area contributed by atoms with Crippen LogP contribution in [0.15, 0.2) is 35.1 Å². The molecule has 6 heteroatoms. The summed E-state index contributed by atoms with van der Waals surface area (Å²) in [5, 5.41) is 9.01. The predicted octanol–water partition coefficient (Wildman–Crippen LogP) is 2.94. The van der Waals surface area contributed by atoms with Crippen LogP contribution in [0.3, 0.4) is 0 Å². The van der Waals surface area contributed by atoms with Crippen molar-refractivity contribution in [1.29, 1.82) is 5.26 Å². The smallest absolute Gasteiger partial charge is 0.347 e. The van der Waals surface area contributed by atoms with Crippen molar-refractivity contribution < 1.29 is 14.3 Å². The highest BCUT2D eigenvalue weighted by atomic mass is 16.6. The zero-order valence-electron chi connectivity index (χ0n) is 14.5. The molecule has 0 bridgehead atoms. The van der Waals surface area contributed by atoms with E-state index in [1.54, 1.807) is 32.0 Å². The number of H-pyrrole nitrogens is 1.